The van der Waals surface area contributed by atoms with Crippen molar-refractivity contribution in [3.63, 3.8) is 0 Å². The number of pyridine rings is 1. The summed E-state index contributed by atoms with van der Waals surface area (Å²) in [6.45, 7) is -0.00622. The molecule has 2 atom stereocenters. The number of hydrogen-bond donors (Lipinski definition) is 1. The summed E-state index contributed by atoms with van der Waals surface area (Å²) in [5, 5.41) is 18.1. The molecule has 196 valence electrons. The third kappa shape index (κ3) is 4.72. The largest absolute Gasteiger partial charge is 0.433 e. The average Bonchev–Trinajstić information content (AvgIpc) is 3.50. The molecule has 1 amide bonds. The number of aliphatic hydroxyl groups is 1. The van der Waals surface area contributed by atoms with Crippen LogP contribution in [0.4, 0.5) is 26.3 Å². The predicted molar refractivity (Wildman–Crippen MR) is 118 cm³/mol. The van der Waals surface area contributed by atoms with E-state index in [1.165, 1.54) is 29.2 Å². The van der Waals surface area contributed by atoms with E-state index in [9.17, 15) is 36.2 Å². The maximum atomic E-state index is 13.6. The van der Waals surface area contributed by atoms with Crippen molar-refractivity contribution in [2.45, 2.75) is 31.3 Å². The number of carbonyl (C=O) groups excluding carboxylic acids is 1. The van der Waals surface area contributed by atoms with Crippen LogP contribution in [-0.2, 0) is 12.7 Å². The number of amides is 1. The summed E-state index contributed by atoms with van der Waals surface area (Å²) >= 11 is 0. The van der Waals surface area contributed by atoms with E-state index >= 15 is 0 Å². The summed E-state index contributed by atoms with van der Waals surface area (Å²) in [6.07, 6.45) is -8.32. The Hall–Kier alpha value is -4.26. The smallest absolute Gasteiger partial charge is 0.415 e. The van der Waals surface area contributed by atoms with Crippen LogP contribution < -0.4 is 0 Å². The number of carbonyl (C=O) groups is 1. The van der Waals surface area contributed by atoms with Crippen molar-refractivity contribution >= 4 is 5.91 Å². The first-order valence-electron chi connectivity index (χ1n) is 11.1. The van der Waals surface area contributed by atoms with Crippen LogP contribution in [0, 0.1) is 5.82 Å². The van der Waals surface area contributed by atoms with E-state index in [0.29, 0.717) is 17.2 Å². The van der Waals surface area contributed by atoms with Gasteiger partial charge in [0.25, 0.3) is 11.8 Å². The van der Waals surface area contributed by atoms with Crippen LogP contribution in [0.3, 0.4) is 0 Å². The van der Waals surface area contributed by atoms with Crippen LogP contribution in [0.5, 0.6) is 0 Å². The number of benzene rings is 2. The van der Waals surface area contributed by atoms with Gasteiger partial charge in [-0.15, -0.1) is 10.2 Å². The van der Waals surface area contributed by atoms with Gasteiger partial charge in [-0.05, 0) is 41.5 Å². The Labute approximate surface area is 210 Å². The van der Waals surface area contributed by atoms with E-state index < -0.39 is 48.1 Å². The van der Waals surface area contributed by atoms with Crippen LogP contribution in [-0.4, -0.2) is 31.1 Å². The Kier molecular flexibility index (Phi) is 6.39. The summed E-state index contributed by atoms with van der Waals surface area (Å²) in [4.78, 5) is 18.1. The SMILES string of the molecule is O=C1c2cc(-c3nnc(C(F)F)o3)ccc2CN1[C@H](c1ccc(F)cc1)[C@H](O)c1ccc(C(F)(F)F)nc1. The number of halogens is 6. The lowest BCUT2D eigenvalue weighted by atomic mass is 9.95. The second-order valence-electron chi connectivity index (χ2n) is 8.47. The highest BCUT2D eigenvalue weighted by atomic mass is 19.4. The Balaban J connectivity index is 1.50. The van der Waals surface area contributed by atoms with Crippen molar-refractivity contribution in [3.05, 3.63) is 100 Å². The maximum absolute atomic E-state index is 13.6. The van der Waals surface area contributed by atoms with Gasteiger partial charge in [0.2, 0.25) is 5.89 Å². The molecule has 38 heavy (non-hydrogen) atoms. The molecule has 2 aromatic heterocycles. The number of rotatable bonds is 6. The van der Waals surface area contributed by atoms with Gasteiger partial charge >= 0.3 is 12.6 Å². The van der Waals surface area contributed by atoms with Gasteiger partial charge in [-0.2, -0.15) is 22.0 Å². The lowest BCUT2D eigenvalue weighted by molar-refractivity contribution is -0.141. The lowest BCUT2D eigenvalue weighted by Crippen LogP contribution is -2.33. The summed E-state index contributed by atoms with van der Waals surface area (Å²) < 4.78 is 83.1. The molecule has 3 heterocycles. The molecule has 0 unspecified atom stereocenters. The standard InChI is InChI=1S/C25H16F6N4O3/c26-16-6-3-12(4-7-16)19(20(36)14-5-8-18(32-10-14)25(29,30)31)35-11-15-2-1-13(9-17(15)24(35)37)22-33-34-23(38-22)21(27)28/h1-10,19-21,36H,11H2/t19-,20-/m1/s1. The maximum Gasteiger partial charge on any atom is 0.433 e. The molecule has 0 aliphatic carbocycles. The molecular formula is C25H16F6N4O3. The molecule has 0 spiro atoms. The van der Waals surface area contributed by atoms with Crippen molar-refractivity contribution in [2.24, 2.45) is 0 Å². The highest BCUT2D eigenvalue weighted by Crippen LogP contribution is 2.40. The van der Waals surface area contributed by atoms with E-state index in [2.05, 4.69) is 15.2 Å². The third-order valence-corrected chi connectivity index (χ3v) is 6.08. The van der Waals surface area contributed by atoms with E-state index in [1.807, 2.05) is 0 Å². The molecule has 1 aliphatic heterocycles. The van der Waals surface area contributed by atoms with Crippen molar-refractivity contribution in [3.8, 4) is 11.5 Å². The molecule has 4 aromatic rings. The van der Waals surface area contributed by atoms with Crippen LogP contribution in [0.2, 0.25) is 0 Å². The van der Waals surface area contributed by atoms with Gasteiger partial charge in [0, 0.05) is 29.4 Å². The van der Waals surface area contributed by atoms with Gasteiger partial charge in [-0.3, -0.25) is 9.78 Å². The minimum Gasteiger partial charge on any atom is -0.415 e. The van der Waals surface area contributed by atoms with Gasteiger partial charge in [-0.1, -0.05) is 24.3 Å². The molecule has 13 heteroatoms. The number of fused-ring (bicyclic) bond motifs is 1. The zero-order chi connectivity index (χ0) is 27.2. The molecule has 0 bridgehead atoms. The van der Waals surface area contributed by atoms with E-state index in [4.69, 9.17) is 4.42 Å². The first-order valence-corrected chi connectivity index (χ1v) is 11.1. The van der Waals surface area contributed by atoms with E-state index in [1.54, 1.807) is 6.07 Å². The molecule has 0 saturated heterocycles. The Morgan fingerprint density at radius 3 is 2.29 bits per heavy atom. The second kappa shape index (κ2) is 9.56. The molecule has 5 rings (SSSR count). The second-order valence-corrected chi connectivity index (χ2v) is 8.47. The molecular weight excluding hydrogens is 518 g/mol. The predicted octanol–water partition coefficient (Wildman–Crippen LogP) is 5.66. The minimum absolute atomic E-state index is 0.00200. The fourth-order valence-electron chi connectivity index (χ4n) is 4.24. The summed E-state index contributed by atoms with van der Waals surface area (Å²) in [7, 11) is 0. The molecule has 0 fully saturated rings. The number of alkyl halides is 5. The Morgan fingerprint density at radius 2 is 1.68 bits per heavy atom. The fraction of sp³-hybridized carbons (Fsp3) is 0.200. The molecule has 0 saturated carbocycles. The molecule has 1 aliphatic rings. The third-order valence-electron chi connectivity index (χ3n) is 6.08. The topological polar surface area (TPSA) is 92.4 Å². The zero-order valence-corrected chi connectivity index (χ0v) is 19.0. The van der Waals surface area contributed by atoms with Crippen LogP contribution in [0.15, 0.2) is 65.2 Å². The Morgan fingerprint density at radius 1 is 0.974 bits per heavy atom. The average molecular weight is 534 g/mol. The number of hydrogen-bond acceptors (Lipinski definition) is 6. The molecule has 1 N–H and O–H groups in total. The van der Waals surface area contributed by atoms with Gasteiger partial charge < -0.3 is 14.4 Å². The zero-order valence-electron chi connectivity index (χ0n) is 19.0. The summed E-state index contributed by atoms with van der Waals surface area (Å²) in [5.74, 6) is -2.23. The summed E-state index contributed by atoms with van der Waals surface area (Å²) in [5.41, 5.74) is 0.0753. The van der Waals surface area contributed by atoms with Crippen molar-refractivity contribution in [1.82, 2.24) is 20.1 Å². The van der Waals surface area contributed by atoms with E-state index in [-0.39, 0.29) is 29.1 Å². The van der Waals surface area contributed by atoms with Crippen molar-refractivity contribution in [1.29, 1.82) is 0 Å². The highest BCUT2D eigenvalue weighted by Gasteiger charge is 2.39. The van der Waals surface area contributed by atoms with Crippen molar-refractivity contribution in [2.75, 3.05) is 0 Å². The van der Waals surface area contributed by atoms with Crippen LogP contribution in [0.1, 0.15) is 57.2 Å². The van der Waals surface area contributed by atoms with Gasteiger partial charge in [-0.25, -0.2) is 4.39 Å². The molecule has 7 nitrogen and oxygen atoms in total. The minimum atomic E-state index is -4.68. The molecule has 2 aromatic carbocycles. The first-order chi connectivity index (χ1) is 18.0. The normalized spacial score (nSPS) is 15.2. The quantitative estimate of drug-likeness (QED) is 0.321. The van der Waals surface area contributed by atoms with Crippen LogP contribution in [0.25, 0.3) is 11.5 Å². The fourth-order valence-corrected chi connectivity index (χ4v) is 4.24. The van der Waals surface area contributed by atoms with Gasteiger partial charge in [0.1, 0.15) is 17.6 Å². The van der Waals surface area contributed by atoms with Crippen molar-refractivity contribution < 1.29 is 40.7 Å². The monoisotopic (exact) mass is 534 g/mol. The van der Waals surface area contributed by atoms with Gasteiger partial charge in [0.15, 0.2) is 0 Å². The number of aromatic nitrogens is 3. The number of nitrogens with zero attached hydrogens (tertiary/aromatic N) is 4. The summed E-state index contributed by atoms with van der Waals surface area (Å²) in [6, 6.07) is 10.0. The highest BCUT2D eigenvalue weighted by molar-refractivity contribution is 5.99. The van der Waals surface area contributed by atoms with Gasteiger partial charge in [0.05, 0.1) is 6.04 Å². The number of aliphatic hydroxyl groups excluding tert-OH is 1. The first kappa shape index (κ1) is 25.4. The van der Waals surface area contributed by atoms with E-state index in [0.717, 1.165) is 24.4 Å². The molecule has 0 radical (unpaired) electrons. The van der Waals surface area contributed by atoms with Crippen LogP contribution >= 0.6 is 0 Å². The lowest BCUT2D eigenvalue weighted by Gasteiger charge is -2.32. The Bertz CT molecular complexity index is 1470.